The van der Waals surface area contributed by atoms with Gasteiger partial charge in [-0.3, -0.25) is 0 Å². The van der Waals surface area contributed by atoms with E-state index >= 15 is 0 Å². The lowest BCUT2D eigenvalue weighted by atomic mass is 9.94. The van der Waals surface area contributed by atoms with Crippen molar-refractivity contribution in [3.05, 3.63) is 47.1 Å². The third kappa shape index (κ3) is 2.84. The second-order valence-corrected chi connectivity index (χ2v) is 5.43. The quantitative estimate of drug-likeness (QED) is 0.865. The molecule has 1 fully saturated rings. The van der Waals surface area contributed by atoms with E-state index in [1.165, 1.54) is 11.1 Å². The van der Waals surface area contributed by atoms with Crippen molar-refractivity contribution in [3.8, 4) is 0 Å². The van der Waals surface area contributed by atoms with E-state index in [2.05, 4.69) is 29.2 Å². The van der Waals surface area contributed by atoms with Gasteiger partial charge in [-0.2, -0.15) is 4.98 Å². The first kappa shape index (κ1) is 14.2. The van der Waals surface area contributed by atoms with Gasteiger partial charge in [0.2, 0.25) is 0 Å². The molecule has 0 N–H and O–H groups in total. The number of methoxy groups -OCH3 is 1. The second kappa shape index (κ2) is 5.95. The second-order valence-electron chi connectivity index (χ2n) is 5.43. The summed E-state index contributed by atoms with van der Waals surface area (Å²) in [6.07, 6.45) is 2.16. The predicted octanol–water partition coefficient (Wildman–Crippen LogP) is 2.62. The smallest absolute Gasteiger partial charge is 0.259 e. The molecule has 1 aliphatic heterocycles. The minimum atomic E-state index is -0.491. The summed E-state index contributed by atoms with van der Waals surface area (Å²) in [5.41, 5.74) is 1.95. The zero-order valence-electron chi connectivity index (χ0n) is 12.5. The maximum Gasteiger partial charge on any atom is 0.259 e. The molecule has 0 radical (unpaired) electrons. The number of aryl methyl sites for hydroxylation is 1. The minimum Gasteiger partial charge on any atom is -0.381 e. The molecule has 1 aromatic heterocycles. The zero-order chi connectivity index (χ0) is 14.7. The molecule has 0 bridgehead atoms. The van der Waals surface area contributed by atoms with Crippen molar-refractivity contribution in [2.24, 2.45) is 0 Å². The highest BCUT2D eigenvalue weighted by molar-refractivity contribution is 5.28. The van der Waals surface area contributed by atoms with Crippen molar-refractivity contribution < 1.29 is 14.0 Å². The minimum absolute atomic E-state index is 0.491. The summed E-state index contributed by atoms with van der Waals surface area (Å²) in [6, 6.07) is 8.23. The highest BCUT2D eigenvalue weighted by atomic mass is 16.5. The van der Waals surface area contributed by atoms with E-state index in [-0.39, 0.29) is 0 Å². The first-order chi connectivity index (χ1) is 10.2. The van der Waals surface area contributed by atoms with E-state index in [1.807, 2.05) is 12.1 Å². The predicted molar refractivity (Wildman–Crippen MR) is 77.0 cm³/mol. The van der Waals surface area contributed by atoms with Crippen LogP contribution in [0.1, 0.15) is 35.7 Å². The molecule has 21 heavy (non-hydrogen) atoms. The lowest BCUT2D eigenvalue weighted by Crippen LogP contribution is -2.36. The number of hydrogen-bond acceptors (Lipinski definition) is 5. The maximum atomic E-state index is 5.68. The van der Waals surface area contributed by atoms with Gasteiger partial charge in [0.15, 0.2) is 11.4 Å². The molecule has 112 valence electrons. The first-order valence-electron chi connectivity index (χ1n) is 7.24. The third-order valence-electron chi connectivity index (χ3n) is 4.16. The number of nitrogens with zero attached hydrogens (tertiary/aromatic N) is 2. The lowest BCUT2D eigenvalue weighted by Gasteiger charge is -2.32. The van der Waals surface area contributed by atoms with Crippen LogP contribution in [0.3, 0.4) is 0 Å². The van der Waals surface area contributed by atoms with Crippen LogP contribution in [0.4, 0.5) is 0 Å². The molecule has 0 amide bonds. The number of benzene rings is 1. The fourth-order valence-corrected chi connectivity index (χ4v) is 2.70. The third-order valence-corrected chi connectivity index (χ3v) is 4.16. The Hall–Kier alpha value is -1.72. The van der Waals surface area contributed by atoms with Crippen LogP contribution in [0.25, 0.3) is 0 Å². The summed E-state index contributed by atoms with van der Waals surface area (Å²) < 4.78 is 16.5. The molecule has 1 aromatic carbocycles. The molecule has 0 unspecified atom stereocenters. The van der Waals surface area contributed by atoms with Gasteiger partial charge in [-0.15, -0.1) is 0 Å². The van der Waals surface area contributed by atoms with Crippen LogP contribution >= 0.6 is 0 Å². The van der Waals surface area contributed by atoms with Gasteiger partial charge in [-0.25, -0.2) is 0 Å². The normalized spacial score (nSPS) is 17.8. The summed E-state index contributed by atoms with van der Waals surface area (Å²) in [4.78, 5) is 4.55. The van der Waals surface area contributed by atoms with Crippen molar-refractivity contribution in [1.82, 2.24) is 10.1 Å². The van der Waals surface area contributed by atoms with Crippen LogP contribution in [-0.4, -0.2) is 30.5 Å². The Morgan fingerprint density at radius 2 is 2.00 bits per heavy atom. The summed E-state index contributed by atoms with van der Waals surface area (Å²) in [7, 11) is 1.69. The van der Waals surface area contributed by atoms with Gasteiger partial charge in [-0.05, 0) is 18.1 Å². The average Bonchev–Trinajstić information content (AvgIpc) is 2.99. The van der Waals surface area contributed by atoms with E-state index in [0.29, 0.717) is 31.3 Å². The topological polar surface area (TPSA) is 57.4 Å². The van der Waals surface area contributed by atoms with Crippen molar-refractivity contribution in [2.75, 3.05) is 20.3 Å². The van der Waals surface area contributed by atoms with Crippen LogP contribution in [0.5, 0.6) is 0 Å². The Labute approximate surface area is 124 Å². The summed E-state index contributed by atoms with van der Waals surface area (Å²) in [6.45, 7) is 3.40. The van der Waals surface area contributed by atoms with E-state index in [4.69, 9.17) is 14.0 Å². The van der Waals surface area contributed by atoms with Crippen molar-refractivity contribution in [3.63, 3.8) is 0 Å². The van der Waals surface area contributed by atoms with Gasteiger partial charge < -0.3 is 14.0 Å². The molecular formula is C16H20N2O3. The van der Waals surface area contributed by atoms with E-state index in [1.54, 1.807) is 7.11 Å². The molecule has 1 saturated heterocycles. The largest absolute Gasteiger partial charge is 0.381 e. The molecule has 5 nitrogen and oxygen atoms in total. The molecule has 2 aromatic rings. The molecular weight excluding hydrogens is 268 g/mol. The Morgan fingerprint density at radius 3 is 2.71 bits per heavy atom. The Kier molecular flexibility index (Phi) is 4.03. The highest BCUT2D eigenvalue weighted by Gasteiger charge is 2.40. The number of hydrogen-bond donors (Lipinski definition) is 0. The SMILES string of the molecule is COC1(c2nc(Cc3ccccc3C)no2)CCOCC1. The molecule has 0 saturated carbocycles. The fraction of sp³-hybridized carbons (Fsp3) is 0.500. The van der Waals surface area contributed by atoms with Gasteiger partial charge in [-0.1, -0.05) is 29.4 Å². The van der Waals surface area contributed by atoms with Gasteiger partial charge in [0.25, 0.3) is 5.89 Å². The number of rotatable bonds is 4. The van der Waals surface area contributed by atoms with E-state index in [0.717, 1.165) is 12.8 Å². The van der Waals surface area contributed by atoms with Crippen LogP contribution in [0.2, 0.25) is 0 Å². The fourth-order valence-electron chi connectivity index (χ4n) is 2.70. The maximum absolute atomic E-state index is 5.68. The molecule has 3 rings (SSSR count). The van der Waals surface area contributed by atoms with E-state index < -0.39 is 5.60 Å². The number of aromatic nitrogens is 2. The van der Waals surface area contributed by atoms with Crippen molar-refractivity contribution in [2.45, 2.75) is 31.8 Å². The molecule has 1 aliphatic rings. The summed E-state index contributed by atoms with van der Waals surface area (Å²) >= 11 is 0. The molecule has 0 spiro atoms. The highest BCUT2D eigenvalue weighted by Crippen LogP contribution is 2.34. The standard InChI is InChI=1S/C16H20N2O3/c1-12-5-3-4-6-13(12)11-14-17-15(21-18-14)16(19-2)7-9-20-10-8-16/h3-6H,7-11H2,1-2H3. The Morgan fingerprint density at radius 1 is 1.24 bits per heavy atom. The summed E-state index contributed by atoms with van der Waals surface area (Å²) in [5, 5.41) is 4.11. The first-order valence-corrected chi connectivity index (χ1v) is 7.24. The van der Waals surface area contributed by atoms with Gasteiger partial charge in [0, 0.05) is 39.6 Å². The molecule has 0 atom stereocenters. The van der Waals surface area contributed by atoms with Crippen LogP contribution < -0.4 is 0 Å². The zero-order valence-corrected chi connectivity index (χ0v) is 12.5. The summed E-state index contributed by atoms with van der Waals surface area (Å²) in [5.74, 6) is 1.26. The Balaban J connectivity index is 1.81. The van der Waals surface area contributed by atoms with Gasteiger partial charge >= 0.3 is 0 Å². The molecule has 0 aliphatic carbocycles. The average molecular weight is 288 g/mol. The van der Waals surface area contributed by atoms with Crippen molar-refractivity contribution >= 4 is 0 Å². The molecule has 2 heterocycles. The lowest BCUT2D eigenvalue weighted by molar-refractivity contribution is -0.111. The van der Waals surface area contributed by atoms with Gasteiger partial charge in [0.05, 0.1) is 0 Å². The van der Waals surface area contributed by atoms with E-state index in [9.17, 15) is 0 Å². The molecule has 5 heteroatoms. The van der Waals surface area contributed by atoms with Crippen LogP contribution in [-0.2, 0) is 21.5 Å². The monoisotopic (exact) mass is 288 g/mol. The van der Waals surface area contributed by atoms with Crippen molar-refractivity contribution in [1.29, 1.82) is 0 Å². The Bertz CT molecular complexity index is 603. The number of ether oxygens (including phenoxy) is 2. The van der Waals surface area contributed by atoms with Crippen LogP contribution in [0, 0.1) is 6.92 Å². The van der Waals surface area contributed by atoms with Crippen LogP contribution in [0.15, 0.2) is 28.8 Å². The van der Waals surface area contributed by atoms with Gasteiger partial charge in [0.1, 0.15) is 0 Å².